The third-order valence-electron chi connectivity index (χ3n) is 2.49. The van der Waals surface area contributed by atoms with Gasteiger partial charge in [0.2, 0.25) is 5.76 Å². The monoisotopic (exact) mass is 256 g/mol. The fourth-order valence-corrected chi connectivity index (χ4v) is 1.73. The van der Waals surface area contributed by atoms with Crippen LogP contribution in [0, 0.1) is 0 Å². The maximum atomic E-state index is 12.7. The van der Waals surface area contributed by atoms with Crippen molar-refractivity contribution < 1.29 is 17.7 Å². The first-order valence-electron chi connectivity index (χ1n) is 5.35. The van der Waals surface area contributed by atoms with E-state index in [4.69, 9.17) is 5.73 Å². The summed E-state index contributed by atoms with van der Waals surface area (Å²) in [6.45, 7) is 0.101. The van der Waals surface area contributed by atoms with Crippen LogP contribution in [0.1, 0.15) is 11.3 Å². The van der Waals surface area contributed by atoms with Crippen LogP contribution in [-0.2, 0) is 12.6 Å². The summed E-state index contributed by atoms with van der Waals surface area (Å²) in [7, 11) is 0. The van der Waals surface area contributed by atoms with Crippen LogP contribution in [-0.4, -0.2) is 11.7 Å². The van der Waals surface area contributed by atoms with Gasteiger partial charge in [-0.3, -0.25) is 0 Å². The molecule has 0 saturated heterocycles. The molecular formula is C12H11F3N2O. The maximum absolute atomic E-state index is 12.7. The summed E-state index contributed by atoms with van der Waals surface area (Å²) < 4.78 is 42.6. The molecule has 3 nitrogen and oxygen atoms in total. The van der Waals surface area contributed by atoms with Crippen molar-refractivity contribution in [2.75, 3.05) is 6.54 Å². The smallest absolute Gasteiger partial charge is 0.351 e. The van der Waals surface area contributed by atoms with Gasteiger partial charge in [-0.05, 0) is 13.0 Å². The van der Waals surface area contributed by atoms with Crippen molar-refractivity contribution in [3.8, 4) is 11.3 Å². The lowest BCUT2D eigenvalue weighted by Crippen LogP contribution is -2.11. The predicted octanol–water partition coefficient (Wildman–Crippen LogP) is 2.86. The summed E-state index contributed by atoms with van der Waals surface area (Å²) in [5, 5.41) is 3.52. The first-order chi connectivity index (χ1) is 8.54. The lowest BCUT2D eigenvalue weighted by Gasteiger charge is -2.05. The summed E-state index contributed by atoms with van der Waals surface area (Å²) in [5.74, 6) is -1.06. The average Bonchev–Trinajstić information content (AvgIpc) is 2.74. The zero-order valence-electron chi connectivity index (χ0n) is 9.37. The van der Waals surface area contributed by atoms with Crippen molar-refractivity contribution in [2.24, 2.45) is 5.73 Å². The number of hydrogen-bond donors (Lipinski definition) is 1. The van der Waals surface area contributed by atoms with Gasteiger partial charge in [0.05, 0.1) is 0 Å². The van der Waals surface area contributed by atoms with Gasteiger partial charge in [-0.2, -0.15) is 13.2 Å². The Balaban J connectivity index is 2.52. The summed E-state index contributed by atoms with van der Waals surface area (Å²) in [4.78, 5) is 0. The summed E-state index contributed by atoms with van der Waals surface area (Å²) >= 11 is 0. The normalized spacial score (nSPS) is 11.8. The molecule has 0 radical (unpaired) electrons. The van der Waals surface area contributed by atoms with Gasteiger partial charge in [-0.15, -0.1) is 0 Å². The SMILES string of the molecule is NCCc1c(-c2ccccc2)noc1C(F)(F)F. The van der Waals surface area contributed by atoms with E-state index in [1.54, 1.807) is 30.3 Å². The average molecular weight is 256 g/mol. The topological polar surface area (TPSA) is 52.0 Å². The van der Waals surface area contributed by atoms with Crippen molar-refractivity contribution in [2.45, 2.75) is 12.6 Å². The molecule has 6 heteroatoms. The summed E-state index contributed by atoms with van der Waals surface area (Å²) in [6.07, 6.45) is -4.48. The van der Waals surface area contributed by atoms with Gasteiger partial charge in [0.1, 0.15) is 5.69 Å². The Morgan fingerprint density at radius 3 is 2.39 bits per heavy atom. The Kier molecular flexibility index (Phi) is 3.38. The molecule has 0 aliphatic carbocycles. The molecule has 2 rings (SSSR count). The van der Waals surface area contributed by atoms with E-state index in [1.807, 2.05) is 0 Å². The highest BCUT2D eigenvalue weighted by Gasteiger charge is 2.40. The van der Waals surface area contributed by atoms with Gasteiger partial charge < -0.3 is 10.3 Å². The third-order valence-corrected chi connectivity index (χ3v) is 2.49. The lowest BCUT2D eigenvalue weighted by molar-refractivity contribution is -0.156. The number of hydrogen-bond acceptors (Lipinski definition) is 3. The quantitative estimate of drug-likeness (QED) is 0.918. The minimum Gasteiger partial charge on any atom is -0.351 e. The van der Waals surface area contributed by atoms with E-state index in [-0.39, 0.29) is 24.2 Å². The van der Waals surface area contributed by atoms with Crippen LogP contribution in [0.2, 0.25) is 0 Å². The number of nitrogens with two attached hydrogens (primary N) is 1. The minimum absolute atomic E-state index is 0.0104. The molecule has 0 bridgehead atoms. The molecule has 1 heterocycles. The van der Waals surface area contributed by atoms with E-state index in [9.17, 15) is 13.2 Å². The predicted molar refractivity (Wildman–Crippen MR) is 59.7 cm³/mol. The van der Waals surface area contributed by atoms with Crippen molar-refractivity contribution in [1.82, 2.24) is 5.16 Å². The zero-order valence-corrected chi connectivity index (χ0v) is 9.37. The molecule has 2 N–H and O–H groups in total. The van der Waals surface area contributed by atoms with Gasteiger partial charge in [0, 0.05) is 11.1 Å². The molecule has 96 valence electrons. The Hall–Kier alpha value is -1.82. The second-order valence-corrected chi connectivity index (χ2v) is 3.74. The molecule has 0 spiro atoms. The lowest BCUT2D eigenvalue weighted by atomic mass is 10.0. The van der Waals surface area contributed by atoms with E-state index in [2.05, 4.69) is 9.68 Å². The van der Waals surface area contributed by atoms with Crippen LogP contribution >= 0.6 is 0 Å². The van der Waals surface area contributed by atoms with Crippen LogP contribution in [0.3, 0.4) is 0 Å². The van der Waals surface area contributed by atoms with E-state index >= 15 is 0 Å². The first kappa shape index (κ1) is 12.6. The highest BCUT2D eigenvalue weighted by Crippen LogP contribution is 2.36. The Bertz CT molecular complexity index is 520. The maximum Gasteiger partial charge on any atom is 0.452 e. The van der Waals surface area contributed by atoms with Crippen LogP contribution in [0.4, 0.5) is 13.2 Å². The number of rotatable bonds is 3. The van der Waals surface area contributed by atoms with E-state index in [0.29, 0.717) is 5.56 Å². The van der Waals surface area contributed by atoms with Gasteiger partial charge in [-0.1, -0.05) is 35.5 Å². The zero-order chi connectivity index (χ0) is 13.2. The Morgan fingerprint density at radius 1 is 1.17 bits per heavy atom. The fraction of sp³-hybridized carbons (Fsp3) is 0.250. The molecule has 0 unspecified atom stereocenters. The molecule has 0 aliphatic rings. The standard InChI is InChI=1S/C12H11F3N2O/c13-12(14,15)11-9(6-7-16)10(17-18-11)8-4-2-1-3-5-8/h1-5H,6-7,16H2. The van der Waals surface area contributed by atoms with Crippen molar-refractivity contribution in [1.29, 1.82) is 0 Å². The largest absolute Gasteiger partial charge is 0.452 e. The summed E-state index contributed by atoms with van der Waals surface area (Å²) in [6, 6.07) is 8.58. The molecule has 2 aromatic rings. The molecule has 0 aliphatic heterocycles. The number of alkyl halides is 3. The van der Waals surface area contributed by atoms with Crippen LogP contribution in [0.25, 0.3) is 11.3 Å². The van der Waals surface area contributed by atoms with Gasteiger partial charge >= 0.3 is 6.18 Å². The van der Waals surface area contributed by atoms with Crippen molar-refractivity contribution in [3.63, 3.8) is 0 Å². The van der Waals surface area contributed by atoms with E-state index in [1.165, 1.54) is 0 Å². The number of halogens is 3. The number of benzene rings is 1. The van der Waals surface area contributed by atoms with Gasteiger partial charge in [0.15, 0.2) is 0 Å². The first-order valence-corrected chi connectivity index (χ1v) is 5.35. The molecule has 0 amide bonds. The van der Waals surface area contributed by atoms with Crippen LogP contribution < -0.4 is 5.73 Å². The van der Waals surface area contributed by atoms with Gasteiger partial charge in [-0.25, -0.2) is 0 Å². The number of aromatic nitrogens is 1. The van der Waals surface area contributed by atoms with E-state index in [0.717, 1.165) is 0 Å². The molecule has 1 aromatic carbocycles. The Morgan fingerprint density at radius 2 is 1.83 bits per heavy atom. The number of nitrogens with zero attached hydrogens (tertiary/aromatic N) is 1. The second-order valence-electron chi connectivity index (χ2n) is 3.74. The molecule has 18 heavy (non-hydrogen) atoms. The molecule has 0 atom stereocenters. The summed E-state index contributed by atoms with van der Waals surface area (Å²) in [5.41, 5.74) is 6.14. The van der Waals surface area contributed by atoms with Crippen molar-refractivity contribution >= 4 is 0 Å². The third kappa shape index (κ3) is 2.38. The minimum atomic E-state index is -4.55. The van der Waals surface area contributed by atoms with Crippen LogP contribution in [0.5, 0.6) is 0 Å². The molecule has 1 aromatic heterocycles. The second kappa shape index (κ2) is 4.81. The molecule has 0 fully saturated rings. The van der Waals surface area contributed by atoms with Crippen LogP contribution in [0.15, 0.2) is 34.9 Å². The Labute approximate surface area is 101 Å². The van der Waals surface area contributed by atoms with E-state index < -0.39 is 11.9 Å². The molecule has 0 saturated carbocycles. The fourth-order valence-electron chi connectivity index (χ4n) is 1.73. The highest BCUT2D eigenvalue weighted by atomic mass is 19.4. The molecular weight excluding hydrogens is 245 g/mol. The van der Waals surface area contributed by atoms with Crippen molar-refractivity contribution in [3.05, 3.63) is 41.7 Å². The van der Waals surface area contributed by atoms with Gasteiger partial charge in [0.25, 0.3) is 0 Å². The highest BCUT2D eigenvalue weighted by molar-refractivity contribution is 5.63.